The molecule has 0 aliphatic carbocycles. The lowest BCUT2D eigenvalue weighted by atomic mass is 10.1. The maximum absolute atomic E-state index is 12.7. The fourth-order valence-corrected chi connectivity index (χ4v) is 5.97. The van der Waals surface area contributed by atoms with E-state index >= 15 is 0 Å². The first kappa shape index (κ1) is 39.2. The van der Waals surface area contributed by atoms with Crippen molar-refractivity contribution in [2.24, 2.45) is 0 Å². The van der Waals surface area contributed by atoms with Crippen molar-refractivity contribution in [2.45, 2.75) is 116 Å². The zero-order valence-electron chi connectivity index (χ0n) is 28.8. The molecule has 0 unspecified atom stereocenters. The maximum Gasteiger partial charge on any atom is 0.469 e. The van der Waals surface area contributed by atoms with Gasteiger partial charge in [0.1, 0.15) is 18.1 Å². The Morgan fingerprint density at radius 2 is 1.54 bits per heavy atom. The summed E-state index contributed by atoms with van der Waals surface area (Å²) in [5, 5.41) is 3.84. The molecule has 0 spiro atoms. The average Bonchev–Trinajstić information content (AvgIpc) is 3.07. The topological polar surface area (TPSA) is 127 Å². The number of rotatable bonds is 25. The third-order valence-corrected chi connectivity index (χ3v) is 8.70. The third kappa shape index (κ3) is 16.2. The van der Waals surface area contributed by atoms with E-state index in [2.05, 4.69) is 29.4 Å². The van der Waals surface area contributed by atoms with Gasteiger partial charge < -0.3 is 24.6 Å². The monoisotopic (exact) mass is 682 g/mol. The summed E-state index contributed by atoms with van der Waals surface area (Å²) in [6.07, 6.45) is 20.8. The lowest BCUT2D eigenvalue weighted by molar-refractivity contribution is -0.122. The van der Waals surface area contributed by atoms with Gasteiger partial charge in [0.25, 0.3) is 0 Å². The van der Waals surface area contributed by atoms with Crippen molar-refractivity contribution in [2.75, 3.05) is 13.7 Å². The van der Waals surface area contributed by atoms with E-state index in [1.807, 2.05) is 54.6 Å². The van der Waals surface area contributed by atoms with Crippen LogP contribution < -0.4 is 14.8 Å². The van der Waals surface area contributed by atoms with Crippen molar-refractivity contribution >= 4 is 24.6 Å². The van der Waals surface area contributed by atoms with Crippen molar-refractivity contribution in [1.29, 1.82) is 0 Å². The average molecular weight is 683 g/mol. The molecule has 0 aliphatic heterocycles. The van der Waals surface area contributed by atoms with Gasteiger partial charge in [0.2, 0.25) is 5.91 Å². The third-order valence-electron chi connectivity index (χ3n) is 8.22. The van der Waals surface area contributed by atoms with Crippen LogP contribution in [-0.4, -0.2) is 40.4 Å². The number of nitrogens with one attached hydrogen (secondary N) is 1. The summed E-state index contributed by atoms with van der Waals surface area (Å²) >= 11 is 0. The van der Waals surface area contributed by atoms with Crippen LogP contribution >= 0.6 is 7.82 Å². The molecular formula is C38H55N2O7P. The Balaban J connectivity index is 1.37. The molecule has 48 heavy (non-hydrogen) atoms. The molecular weight excluding hydrogens is 627 g/mol. The summed E-state index contributed by atoms with van der Waals surface area (Å²) < 4.78 is 27.6. The van der Waals surface area contributed by atoms with Crippen LogP contribution in [0.5, 0.6) is 11.5 Å². The largest absolute Gasteiger partial charge is 0.496 e. The van der Waals surface area contributed by atoms with Crippen LogP contribution in [0.3, 0.4) is 0 Å². The highest BCUT2D eigenvalue weighted by atomic mass is 31.2. The van der Waals surface area contributed by atoms with Crippen LogP contribution in [0.2, 0.25) is 0 Å². The molecule has 3 aromatic rings. The number of carbonyl (C=O) groups excluding carboxylic acids is 1. The highest BCUT2D eigenvalue weighted by Crippen LogP contribution is 2.36. The second-order valence-electron chi connectivity index (χ2n) is 12.4. The van der Waals surface area contributed by atoms with Crippen molar-refractivity contribution in [3.8, 4) is 11.5 Å². The Bertz CT molecular complexity index is 1420. The molecule has 0 aliphatic rings. The van der Waals surface area contributed by atoms with E-state index in [9.17, 15) is 19.1 Å². The molecule has 3 N–H and O–H groups in total. The van der Waals surface area contributed by atoms with Gasteiger partial charge in [0.05, 0.1) is 31.0 Å². The minimum atomic E-state index is -4.68. The van der Waals surface area contributed by atoms with Crippen molar-refractivity contribution in [1.82, 2.24) is 10.3 Å². The minimum Gasteiger partial charge on any atom is -0.496 e. The number of pyridine rings is 1. The number of ether oxygens (including phenoxy) is 2. The van der Waals surface area contributed by atoms with Gasteiger partial charge in [-0.3, -0.25) is 9.32 Å². The predicted molar refractivity (Wildman–Crippen MR) is 192 cm³/mol. The summed E-state index contributed by atoms with van der Waals surface area (Å²) in [5.41, 5.74) is 2.43. The maximum atomic E-state index is 12.7. The van der Waals surface area contributed by atoms with Crippen LogP contribution in [0, 0.1) is 0 Å². The van der Waals surface area contributed by atoms with E-state index < -0.39 is 13.9 Å². The molecule has 1 amide bonds. The summed E-state index contributed by atoms with van der Waals surface area (Å²) in [5.74, 6) is 1.23. The van der Waals surface area contributed by atoms with Crippen LogP contribution in [-0.2, 0) is 26.9 Å². The number of nitrogens with zero attached hydrogens (tertiary/aromatic N) is 1. The number of carbonyl (C=O) groups is 1. The first-order valence-corrected chi connectivity index (χ1v) is 19.1. The number of para-hydroxylation sites is 1. The van der Waals surface area contributed by atoms with E-state index in [1.165, 1.54) is 51.4 Å². The SMILES string of the molecule is CCCCCCCC/C=C\CCCCCCCC(=O)N[C@@H](COP(=O)(O)O)Cc1ccc(OCc2cc(OC)c3ccccc3n2)cc1. The lowest BCUT2D eigenvalue weighted by Gasteiger charge is -2.19. The smallest absolute Gasteiger partial charge is 0.469 e. The number of hydrogen-bond acceptors (Lipinski definition) is 6. The zero-order chi connectivity index (χ0) is 34.5. The zero-order valence-corrected chi connectivity index (χ0v) is 29.7. The minimum absolute atomic E-state index is 0.148. The highest BCUT2D eigenvalue weighted by molar-refractivity contribution is 7.46. The van der Waals surface area contributed by atoms with Gasteiger partial charge >= 0.3 is 7.82 Å². The summed E-state index contributed by atoms with van der Waals surface area (Å²) in [7, 11) is -3.05. The Morgan fingerprint density at radius 3 is 2.21 bits per heavy atom. The second kappa shape index (κ2) is 22.4. The number of aromatic nitrogens is 1. The molecule has 0 saturated heterocycles. The van der Waals surface area contributed by atoms with Crippen LogP contribution in [0.15, 0.2) is 66.7 Å². The molecule has 1 atom stereocenters. The Hall–Kier alpha value is -3.23. The summed E-state index contributed by atoms with van der Waals surface area (Å²) in [6.45, 7) is 2.21. The predicted octanol–water partition coefficient (Wildman–Crippen LogP) is 9.00. The molecule has 1 heterocycles. The lowest BCUT2D eigenvalue weighted by Crippen LogP contribution is -2.39. The van der Waals surface area contributed by atoms with E-state index in [0.717, 1.165) is 60.0 Å². The van der Waals surface area contributed by atoms with Gasteiger partial charge in [0, 0.05) is 17.9 Å². The highest BCUT2D eigenvalue weighted by Gasteiger charge is 2.20. The molecule has 264 valence electrons. The van der Waals surface area contributed by atoms with Gasteiger partial charge in [-0.05, 0) is 68.4 Å². The number of unbranched alkanes of at least 4 members (excludes halogenated alkanes) is 11. The first-order valence-electron chi connectivity index (χ1n) is 17.6. The fraction of sp³-hybridized carbons (Fsp3) is 0.526. The van der Waals surface area contributed by atoms with E-state index in [-0.39, 0.29) is 19.1 Å². The van der Waals surface area contributed by atoms with Crippen molar-refractivity contribution in [3.05, 3.63) is 78.0 Å². The van der Waals surface area contributed by atoms with Gasteiger partial charge in [0.15, 0.2) is 0 Å². The number of phosphoric ester groups is 1. The Morgan fingerprint density at radius 1 is 0.896 bits per heavy atom. The van der Waals surface area contributed by atoms with Crippen LogP contribution in [0.4, 0.5) is 0 Å². The summed E-state index contributed by atoms with van der Waals surface area (Å²) in [6, 6.07) is 16.4. The van der Waals surface area contributed by atoms with Gasteiger partial charge in [-0.15, -0.1) is 0 Å². The number of fused-ring (bicyclic) bond motifs is 1. The molecule has 3 rings (SSSR count). The molecule has 0 bridgehead atoms. The van der Waals surface area contributed by atoms with Crippen molar-refractivity contribution in [3.63, 3.8) is 0 Å². The molecule has 2 aromatic carbocycles. The normalized spacial score (nSPS) is 12.4. The Kier molecular flexibility index (Phi) is 18.3. The standard InChI is InChI=1S/C38H55N2O7P/c1-3-4-5-6-7-8-9-10-11-12-13-14-15-16-17-22-38(41)40-32(30-47-48(42,43)44)27-31-23-25-34(26-24-31)46-29-33-28-37(45-2)35-20-18-19-21-36(35)39-33/h10-11,18-21,23-26,28,32H,3-9,12-17,22,27,29-30H2,1-2H3,(H,40,41)(H2,42,43,44)/b11-10-/t32-/m1/s1. The number of benzene rings is 2. The quantitative estimate of drug-likeness (QED) is 0.0459. The van der Waals surface area contributed by atoms with E-state index in [0.29, 0.717) is 18.6 Å². The second-order valence-corrected chi connectivity index (χ2v) is 13.6. The summed E-state index contributed by atoms with van der Waals surface area (Å²) in [4.78, 5) is 35.8. The van der Waals surface area contributed by atoms with Crippen LogP contribution in [0.1, 0.15) is 108 Å². The van der Waals surface area contributed by atoms with E-state index in [1.54, 1.807) is 7.11 Å². The number of allylic oxidation sites excluding steroid dienone is 2. The first-order chi connectivity index (χ1) is 23.3. The van der Waals surface area contributed by atoms with E-state index in [4.69, 9.17) is 14.0 Å². The molecule has 10 heteroatoms. The molecule has 0 radical (unpaired) electrons. The van der Waals surface area contributed by atoms with Crippen LogP contribution in [0.25, 0.3) is 10.9 Å². The number of amides is 1. The van der Waals surface area contributed by atoms with Gasteiger partial charge in [-0.2, -0.15) is 0 Å². The Labute approximate surface area is 286 Å². The molecule has 9 nitrogen and oxygen atoms in total. The van der Waals surface area contributed by atoms with Gasteiger partial charge in [-0.25, -0.2) is 9.55 Å². The molecule has 0 saturated carbocycles. The van der Waals surface area contributed by atoms with Gasteiger partial charge in [-0.1, -0.05) is 94.7 Å². The number of hydrogen-bond donors (Lipinski definition) is 3. The van der Waals surface area contributed by atoms with Crippen molar-refractivity contribution < 1.29 is 33.1 Å². The fourth-order valence-electron chi connectivity index (χ4n) is 5.60. The number of phosphoric acid groups is 1. The number of methoxy groups -OCH3 is 1. The molecule has 0 fully saturated rings. The molecule has 1 aromatic heterocycles.